The maximum absolute atomic E-state index is 12.2. The molecule has 3 rings (SSSR count). The van der Waals surface area contributed by atoms with Crippen molar-refractivity contribution in [3.63, 3.8) is 0 Å². The van der Waals surface area contributed by atoms with Crippen LogP contribution < -0.4 is 5.32 Å². The van der Waals surface area contributed by atoms with Gasteiger partial charge in [0.2, 0.25) is 5.91 Å². The first kappa shape index (κ1) is 18.4. The molecule has 3 aromatic rings. The molecular weight excluding hydrogens is 374 g/mol. The van der Waals surface area contributed by atoms with Crippen molar-refractivity contribution in [3.05, 3.63) is 59.9 Å². The Morgan fingerprint density at radius 3 is 2.62 bits per heavy atom. The summed E-state index contributed by atoms with van der Waals surface area (Å²) >= 11 is 5.75. The molecule has 0 saturated carbocycles. The number of hydrogen-bond acceptors (Lipinski definition) is 4. The summed E-state index contributed by atoms with van der Waals surface area (Å²) in [6, 6.07) is 13.6. The highest BCUT2D eigenvalue weighted by molar-refractivity contribution is 7.92. The van der Waals surface area contributed by atoms with Crippen LogP contribution in [0.5, 0.6) is 0 Å². The molecule has 2 aromatic carbocycles. The van der Waals surface area contributed by atoms with Crippen molar-refractivity contribution >= 4 is 38.4 Å². The Kier molecular flexibility index (Phi) is 5.58. The number of rotatable bonds is 7. The number of carbonyl (C=O) groups excluding carboxylic acids is 1. The van der Waals surface area contributed by atoms with Crippen molar-refractivity contribution in [1.29, 1.82) is 0 Å². The Morgan fingerprint density at radius 2 is 1.85 bits per heavy atom. The number of aryl methyl sites for hydroxylation is 1. The van der Waals surface area contributed by atoms with Gasteiger partial charge in [-0.2, -0.15) is 0 Å². The van der Waals surface area contributed by atoms with Crippen LogP contribution in [0.3, 0.4) is 0 Å². The van der Waals surface area contributed by atoms with Crippen LogP contribution in [0.25, 0.3) is 11.0 Å². The molecule has 6 nitrogen and oxygen atoms in total. The molecule has 1 N–H and O–H groups in total. The zero-order valence-electron chi connectivity index (χ0n) is 13.9. The van der Waals surface area contributed by atoms with E-state index >= 15 is 0 Å². The van der Waals surface area contributed by atoms with Crippen LogP contribution >= 0.6 is 11.6 Å². The minimum atomic E-state index is -3.67. The summed E-state index contributed by atoms with van der Waals surface area (Å²) in [6.07, 6.45) is 2.44. The first-order chi connectivity index (χ1) is 12.5. The standard InChI is InChI=1S/C18H18ClN3O3S/c19-14-6-8-15(9-7-14)26(24,25)12-18(23)20-10-3-11-22-13-21-16-4-1-2-5-17(16)22/h1-2,4-9,13H,3,10-12H2,(H,20,23). The maximum Gasteiger partial charge on any atom is 0.235 e. The Balaban J connectivity index is 1.49. The summed E-state index contributed by atoms with van der Waals surface area (Å²) in [5.41, 5.74) is 1.95. The summed E-state index contributed by atoms with van der Waals surface area (Å²) in [4.78, 5) is 16.3. The molecule has 26 heavy (non-hydrogen) atoms. The number of amides is 1. The second-order valence-electron chi connectivity index (χ2n) is 5.84. The minimum Gasteiger partial charge on any atom is -0.355 e. The number of para-hydroxylation sites is 2. The third-order valence-corrected chi connectivity index (χ3v) is 5.80. The molecule has 1 amide bonds. The normalized spacial score (nSPS) is 11.6. The second kappa shape index (κ2) is 7.88. The van der Waals surface area contributed by atoms with Gasteiger partial charge in [-0.3, -0.25) is 4.79 Å². The molecule has 0 bridgehead atoms. The lowest BCUT2D eigenvalue weighted by Crippen LogP contribution is -2.31. The molecule has 136 valence electrons. The second-order valence-corrected chi connectivity index (χ2v) is 8.27. The van der Waals surface area contributed by atoms with Gasteiger partial charge in [-0.15, -0.1) is 0 Å². The van der Waals surface area contributed by atoms with Crippen LogP contribution in [0.1, 0.15) is 6.42 Å². The Morgan fingerprint density at radius 1 is 1.12 bits per heavy atom. The molecule has 0 aliphatic rings. The number of carbonyl (C=O) groups is 1. The predicted octanol–water partition coefficient (Wildman–Crippen LogP) is 2.67. The fourth-order valence-corrected chi connectivity index (χ4v) is 3.91. The summed E-state index contributed by atoms with van der Waals surface area (Å²) in [6.45, 7) is 1.08. The van der Waals surface area contributed by atoms with E-state index in [1.54, 1.807) is 6.33 Å². The van der Waals surface area contributed by atoms with Gasteiger partial charge in [-0.25, -0.2) is 13.4 Å². The van der Waals surface area contributed by atoms with Crippen LogP contribution in [-0.2, 0) is 21.2 Å². The Labute approximate surface area is 156 Å². The van der Waals surface area contributed by atoms with Crippen LogP contribution in [0.15, 0.2) is 59.8 Å². The molecule has 0 fully saturated rings. The summed E-state index contributed by atoms with van der Waals surface area (Å²) < 4.78 is 26.4. The molecule has 0 unspecified atom stereocenters. The van der Waals surface area contributed by atoms with Crippen LogP contribution in [0, 0.1) is 0 Å². The van der Waals surface area contributed by atoms with Crippen molar-refractivity contribution in [2.45, 2.75) is 17.9 Å². The monoisotopic (exact) mass is 391 g/mol. The number of halogens is 1. The number of sulfone groups is 1. The summed E-state index contributed by atoms with van der Waals surface area (Å²) in [7, 11) is -3.67. The molecule has 1 heterocycles. The van der Waals surface area contributed by atoms with Gasteiger partial charge in [0, 0.05) is 18.1 Å². The van der Waals surface area contributed by atoms with E-state index in [-0.39, 0.29) is 4.90 Å². The fraction of sp³-hybridized carbons (Fsp3) is 0.222. The van der Waals surface area contributed by atoms with Crippen molar-refractivity contribution in [2.75, 3.05) is 12.3 Å². The molecule has 0 saturated heterocycles. The molecule has 0 aliphatic carbocycles. The first-order valence-corrected chi connectivity index (χ1v) is 10.1. The van der Waals surface area contributed by atoms with Crippen molar-refractivity contribution in [3.8, 4) is 0 Å². The SMILES string of the molecule is O=C(CS(=O)(=O)c1ccc(Cl)cc1)NCCCn1cnc2ccccc21. The fourth-order valence-electron chi connectivity index (χ4n) is 2.61. The molecule has 0 atom stereocenters. The zero-order valence-corrected chi connectivity index (χ0v) is 15.5. The van der Waals surface area contributed by atoms with Gasteiger partial charge in [-0.05, 0) is 42.8 Å². The van der Waals surface area contributed by atoms with Gasteiger partial charge >= 0.3 is 0 Å². The number of nitrogens with zero attached hydrogens (tertiary/aromatic N) is 2. The molecule has 0 spiro atoms. The van der Waals surface area contributed by atoms with Crippen LogP contribution in [-0.4, -0.2) is 36.2 Å². The highest BCUT2D eigenvalue weighted by Crippen LogP contribution is 2.15. The number of nitrogens with one attached hydrogen (secondary N) is 1. The lowest BCUT2D eigenvalue weighted by molar-refractivity contribution is -0.118. The van der Waals surface area contributed by atoms with Gasteiger partial charge in [0.05, 0.1) is 22.3 Å². The number of aromatic nitrogens is 2. The number of hydrogen-bond donors (Lipinski definition) is 1. The third kappa shape index (κ3) is 4.42. The van der Waals surface area contributed by atoms with Gasteiger partial charge in [0.25, 0.3) is 0 Å². The summed E-state index contributed by atoms with van der Waals surface area (Å²) in [5.74, 6) is -1.10. The van der Waals surface area contributed by atoms with E-state index in [0.29, 0.717) is 24.5 Å². The smallest absolute Gasteiger partial charge is 0.235 e. The molecular formula is C18H18ClN3O3S. The minimum absolute atomic E-state index is 0.0851. The largest absolute Gasteiger partial charge is 0.355 e. The van der Waals surface area contributed by atoms with E-state index < -0.39 is 21.5 Å². The van der Waals surface area contributed by atoms with E-state index in [1.165, 1.54) is 24.3 Å². The van der Waals surface area contributed by atoms with Gasteiger partial charge in [0.1, 0.15) is 5.75 Å². The summed E-state index contributed by atoms with van der Waals surface area (Å²) in [5, 5.41) is 3.10. The van der Waals surface area contributed by atoms with Gasteiger partial charge in [-0.1, -0.05) is 23.7 Å². The van der Waals surface area contributed by atoms with Crippen molar-refractivity contribution in [2.24, 2.45) is 0 Å². The molecule has 0 aliphatic heterocycles. The van der Waals surface area contributed by atoms with Crippen LogP contribution in [0.2, 0.25) is 5.02 Å². The van der Waals surface area contributed by atoms with Gasteiger partial charge < -0.3 is 9.88 Å². The first-order valence-electron chi connectivity index (χ1n) is 8.10. The van der Waals surface area contributed by atoms with E-state index in [9.17, 15) is 13.2 Å². The molecule has 8 heteroatoms. The number of benzene rings is 2. The maximum atomic E-state index is 12.2. The number of imidazole rings is 1. The van der Waals surface area contributed by atoms with E-state index in [1.807, 2.05) is 28.8 Å². The molecule has 0 radical (unpaired) electrons. The Bertz CT molecular complexity index is 1010. The van der Waals surface area contributed by atoms with Gasteiger partial charge in [0.15, 0.2) is 9.84 Å². The molecule has 1 aromatic heterocycles. The Hall–Kier alpha value is -2.38. The quantitative estimate of drug-likeness (QED) is 0.628. The highest BCUT2D eigenvalue weighted by atomic mass is 35.5. The predicted molar refractivity (Wildman–Crippen MR) is 101 cm³/mol. The topological polar surface area (TPSA) is 81.1 Å². The number of fused-ring (bicyclic) bond motifs is 1. The van der Waals surface area contributed by atoms with E-state index in [0.717, 1.165) is 11.0 Å². The lowest BCUT2D eigenvalue weighted by Gasteiger charge is -2.08. The highest BCUT2D eigenvalue weighted by Gasteiger charge is 2.18. The van der Waals surface area contributed by atoms with Crippen LogP contribution in [0.4, 0.5) is 0 Å². The average molecular weight is 392 g/mol. The lowest BCUT2D eigenvalue weighted by atomic mass is 10.3. The third-order valence-electron chi connectivity index (χ3n) is 3.92. The van der Waals surface area contributed by atoms with Crippen molar-refractivity contribution < 1.29 is 13.2 Å². The zero-order chi connectivity index (χ0) is 18.6. The van der Waals surface area contributed by atoms with Crippen molar-refractivity contribution in [1.82, 2.24) is 14.9 Å². The van der Waals surface area contributed by atoms with E-state index in [2.05, 4.69) is 10.3 Å². The average Bonchev–Trinajstić information content (AvgIpc) is 3.02. The van der Waals surface area contributed by atoms with E-state index in [4.69, 9.17) is 11.6 Å².